The van der Waals surface area contributed by atoms with Crippen LogP contribution < -0.4 is 16.8 Å². The molecule has 0 radical (unpaired) electrons. The second-order valence-electron chi connectivity index (χ2n) is 3.32. The number of carbonyl (C=O) groups is 1. The number of amides is 1. The minimum atomic E-state index is -0.681. The topological polar surface area (TPSA) is 94.9 Å². The average Bonchev–Trinajstić information content (AvgIpc) is 2.53. The Kier molecular flexibility index (Phi) is 3.94. The molecular weight excluding hydrogens is 234 g/mol. The Morgan fingerprint density at radius 2 is 2.31 bits per heavy atom. The summed E-state index contributed by atoms with van der Waals surface area (Å²) in [6, 6.07) is -0.811. The molecule has 90 valence electrons. The molecule has 0 saturated carbocycles. The van der Waals surface area contributed by atoms with Crippen molar-refractivity contribution in [3.05, 3.63) is 16.3 Å². The van der Waals surface area contributed by atoms with E-state index in [1.807, 2.05) is 6.92 Å². The van der Waals surface area contributed by atoms with E-state index in [1.165, 1.54) is 6.92 Å². The van der Waals surface area contributed by atoms with Crippen LogP contribution in [0.1, 0.15) is 19.2 Å². The molecule has 1 unspecified atom stereocenters. The van der Waals surface area contributed by atoms with Gasteiger partial charge in [-0.15, -0.1) is 21.4 Å². The lowest BCUT2D eigenvalue weighted by Gasteiger charge is -2.12. The van der Waals surface area contributed by atoms with Gasteiger partial charge in [0, 0.05) is 11.9 Å². The number of alkyl halides is 1. The van der Waals surface area contributed by atoms with Crippen LogP contribution in [-0.2, 0) is 0 Å². The number of nitrogens with zero attached hydrogens (tertiary/aromatic N) is 3. The van der Waals surface area contributed by atoms with E-state index in [4.69, 9.17) is 17.4 Å². The SMILES string of the molecule is CCC(CCl)NC(=O)n1nc(C)n(N)c1=O. The Morgan fingerprint density at radius 1 is 1.69 bits per heavy atom. The number of halogens is 1. The monoisotopic (exact) mass is 247 g/mol. The zero-order valence-corrected chi connectivity index (χ0v) is 9.86. The first kappa shape index (κ1) is 12.6. The van der Waals surface area contributed by atoms with Crippen LogP contribution in [0.5, 0.6) is 0 Å². The summed E-state index contributed by atoms with van der Waals surface area (Å²) in [5.74, 6) is 5.89. The number of aromatic nitrogens is 3. The standard InChI is InChI=1S/C8H14ClN5O2/c1-3-6(4-9)11-7(15)14-8(16)13(10)5(2)12-14/h6H,3-4,10H2,1-2H3,(H,11,15). The highest BCUT2D eigenvalue weighted by Crippen LogP contribution is 1.94. The van der Waals surface area contributed by atoms with Gasteiger partial charge in [-0.05, 0) is 13.3 Å². The quantitative estimate of drug-likeness (QED) is 0.563. The van der Waals surface area contributed by atoms with Crippen molar-refractivity contribution in [2.24, 2.45) is 0 Å². The van der Waals surface area contributed by atoms with E-state index in [0.29, 0.717) is 11.1 Å². The van der Waals surface area contributed by atoms with Crippen LogP contribution in [0.2, 0.25) is 0 Å². The molecule has 1 heterocycles. The first-order valence-corrected chi connectivity index (χ1v) is 5.35. The van der Waals surface area contributed by atoms with Crippen molar-refractivity contribution < 1.29 is 4.79 Å². The Labute approximate surface area is 97.1 Å². The van der Waals surface area contributed by atoms with Crippen LogP contribution in [0.15, 0.2) is 4.79 Å². The highest BCUT2D eigenvalue weighted by molar-refractivity contribution is 6.18. The second kappa shape index (κ2) is 5.02. The fourth-order valence-electron chi connectivity index (χ4n) is 1.09. The van der Waals surface area contributed by atoms with E-state index in [9.17, 15) is 9.59 Å². The molecular formula is C8H14ClN5O2. The number of rotatable bonds is 3. The molecule has 0 aliphatic rings. The Hall–Kier alpha value is -1.50. The number of aryl methyl sites for hydroxylation is 1. The van der Waals surface area contributed by atoms with Crippen molar-refractivity contribution >= 4 is 17.6 Å². The van der Waals surface area contributed by atoms with Crippen LogP contribution in [0.25, 0.3) is 0 Å². The summed E-state index contributed by atoms with van der Waals surface area (Å²) in [5.41, 5.74) is -0.681. The zero-order chi connectivity index (χ0) is 12.3. The number of carbonyl (C=O) groups excluding carboxylic acids is 1. The van der Waals surface area contributed by atoms with Gasteiger partial charge < -0.3 is 11.2 Å². The molecule has 1 atom stereocenters. The molecule has 0 aliphatic carbocycles. The van der Waals surface area contributed by atoms with E-state index >= 15 is 0 Å². The minimum Gasteiger partial charge on any atom is -0.333 e. The lowest BCUT2D eigenvalue weighted by atomic mass is 10.3. The largest absolute Gasteiger partial charge is 0.373 e. The molecule has 3 N–H and O–H groups in total. The highest BCUT2D eigenvalue weighted by atomic mass is 35.5. The van der Waals surface area contributed by atoms with Crippen LogP contribution in [-0.4, -0.2) is 32.4 Å². The van der Waals surface area contributed by atoms with Crippen molar-refractivity contribution in [1.82, 2.24) is 19.8 Å². The maximum atomic E-state index is 11.6. The lowest BCUT2D eigenvalue weighted by Crippen LogP contribution is -2.44. The summed E-state index contributed by atoms with van der Waals surface area (Å²) in [7, 11) is 0. The van der Waals surface area contributed by atoms with Crippen molar-refractivity contribution in [2.45, 2.75) is 26.3 Å². The number of nitrogen functional groups attached to an aromatic ring is 1. The van der Waals surface area contributed by atoms with Gasteiger partial charge in [-0.25, -0.2) is 9.59 Å². The van der Waals surface area contributed by atoms with E-state index in [-0.39, 0.29) is 17.7 Å². The maximum Gasteiger partial charge on any atom is 0.373 e. The van der Waals surface area contributed by atoms with Crippen molar-refractivity contribution in [3.63, 3.8) is 0 Å². The maximum absolute atomic E-state index is 11.6. The molecule has 16 heavy (non-hydrogen) atoms. The van der Waals surface area contributed by atoms with E-state index in [0.717, 1.165) is 4.68 Å². The molecule has 0 aliphatic heterocycles. The number of hydrogen-bond acceptors (Lipinski definition) is 4. The van der Waals surface area contributed by atoms with Crippen LogP contribution in [0.4, 0.5) is 4.79 Å². The van der Waals surface area contributed by atoms with E-state index in [1.54, 1.807) is 0 Å². The predicted octanol–water partition coefficient (Wildman–Crippen LogP) is -0.358. The summed E-state index contributed by atoms with van der Waals surface area (Å²) < 4.78 is 1.49. The molecule has 0 spiro atoms. The Morgan fingerprint density at radius 3 is 2.69 bits per heavy atom. The zero-order valence-electron chi connectivity index (χ0n) is 9.11. The molecule has 1 aromatic rings. The Bertz CT molecular complexity index is 434. The van der Waals surface area contributed by atoms with Crippen LogP contribution >= 0.6 is 11.6 Å². The Balaban J connectivity index is 2.89. The minimum absolute atomic E-state index is 0.190. The second-order valence-corrected chi connectivity index (χ2v) is 3.63. The summed E-state index contributed by atoms with van der Waals surface area (Å²) in [6.45, 7) is 3.41. The molecule has 0 bridgehead atoms. The van der Waals surface area contributed by atoms with Crippen LogP contribution in [0, 0.1) is 6.92 Å². The number of nitrogens with one attached hydrogen (secondary N) is 1. The number of nitrogens with two attached hydrogens (primary N) is 1. The molecule has 1 rings (SSSR count). The van der Waals surface area contributed by atoms with Gasteiger partial charge in [-0.2, -0.15) is 4.68 Å². The normalized spacial score (nSPS) is 12.4. The fourth-order valence-corrected chi connectivity index (χ4v) is 1.39. The van der Waals surface area contributed by atoms with Gasteiger partial charge in [0.1, 0.15) is 0 Å². The van der Waals surface area contributed by atoms with E-state index < -0.39 is 11.7 Å². The van der Waals surface area contributed by atoms with Crippen LogP contribution in [0.3, 0.4) is 0 Å². The van der Waals surface area contributed by atoms with Crippen molar-refractivity contribution in [2.75, 3.05) is 11.7 Å². The van der Waals surface area contributed by atoms with Gasteiger partial charge in [0.25, 0.3) is 0 Å². The van der Waals surface area contributed by atoms with Crippen molar-refractivity contribution in [1.29, 1.82) is 0 Å². The predicted molar refractivity (Wildman–Crippen MR) is 60.1 cm³/mol. The number of hydrogen-bond donors (Lipinski definition) is 2. The van der Waals surface area contributed by atoms with E-state index in [2.05, 4.69) is 10.4 Å². The molecule has 7 nitrogen and oxygen atoms in total. The highest BCUT2D eigenvalue weighted by Gasteiger charge is 2.16. The first-order chi connectivity index (χ1) is 7.51. The summed E-state index contributed by atoms with van der Waals surface area (Å²) in [6.07, 6.45) is 0.673. The van der Waals surface area contributed by atoms with Gasteiger partial charge >= 0.3 is 11.7 Å². The molecule has 0 aromatic carbocycles. The van der Waals surface area contributed by atoms with Gasteiger partial charge in [-0.1, -0.05) is 6.92 Å². The van der Waals surface area contributed by atoms with Gasteiger partial charge in [0.15, 0.2) is 5.82 Å². The summed E-state index contributed by atoms with van der Waals surface area (Å²) in [4.78, 5) is 23.1. The third kappa shape index (κ3) is 2.35. The third-order valence-electron chi connectivity index (χ3n) is 2.18. The van der Waals surface area contributed by atoms with Gasteiger partial charge in [-0.3, -0.25) is 0 Å². The van der Waals surface area contributed by atoms with Crippen molar-refractivity contribution in [3.8, 4) is 0 Å². The smallest absolute Gasteiger partial charge is 0.333 e. The summed E-state index contributed by atoms with van der Waals surface area (Å²) >= 11 is 5.62. The third-order valence-corrected chi connectivity index (χ3v) is 2.55. The van der Waals surface area contributed by atoms with Gasteiger partial charge in [0.05, 0.1) is 0 Å². The average molecular weight is 248 g/mol. The molecule has 0 saturated heterocycles. The fraction of sp³-hybridized carbons (Fsp3) is 0.625. The lowest BCUT2D eigenvalue weighted by molar-refractivity contribution is 0.235. The first-order valence-electron chi connectivity index (χ1n) is 4.81. The van der Waals surface area contributed by atoms with Gasteiger partial charge in [0.2, 0.25) is 0 Å². The molecule has 8 heteroatoms. The molecule has 0 fully saturated rings. The molecule has 1 aromatic heterocycles. The molecule has 1 amide bonds. The summed E-state index contributed by atoms with van der Waals surface area (Å²) in [5, 5.41) is 6.29.